The molecule has 0 unspecified atom stereocenters. The summed E-state index contributed by atoms with van der Waals surface area (Å²) in [4.78, 5) is 8.21. The molecule has 1 aliphatic heterocycles. The molecule has 0 saturated carbocycles. The number of anilines is 2. The highest BCUT2D eigenvalue weighted by Gasteiger charge is 2.16. The van der Waals surface area contributed by atoms with Crippen molar-refractivity contribution in [1.82, 2.24) is 9.88 Å². The van der Waals surface area contributed by atoms with Crippen LogP contribution in [0.5, 0.6) is 5.75 Å². The number of hydrogen-bond donors (Lipinski definition) is 1. The van der Waals surface area contributed by atoms with E-state index in [4.69, 9.17) is 32.7 Å². The number of nitrogens with one attached hydrogen (secondary N) is 1. The molecule has 5 rings (SSSR count). The molecule has 1 saturated heterocycles. The Kier molecular flexibility index (Phi) is 7.09. The number of methoxy groups -OCH3 is 1. The Labute approximate surface area is 217 Å². The van der Waals surface area contributed by atoms with E-state index >= 15 is 0 Å². The lowest BCUT2D eigenvalue weighted by Gasteiger charge is -2.25. The lowest BCUT2D eigenvalue weighted by molar-refractivity contribution is 0.0346. The predicted octanol–water partition coefficient (Wildman–Crippen LogP) is 6.73. The smallest absolute Gasteiger partial charge is 0.139 e. The van der Waals surface area contributed by atoms with Crippen LogP contribution in [0.2, 0.25) is 10.0 Å². The van der Waals surface area contributed by atoms with E-state index in [2.05, 4.69) is 44.8 Å². The summed E-state index contributed by atoms with van der Waals surface area (Å²) in [5.41, 5.74) is 4.61. The lowest BCUT2D eigenvalue weighted by atomic mass is 10.0. The van der Waals surface area contributed by atoms with E-state index in [9.17, 15) is 5.26 Å². The highest BCUT2D eigenvalue weighted by atomic mass is 35.5. The van der Waals surface area contributed by atoms with E-state index < -0.39 is 0 Å². The molecule has 178 valence electrons. The van der Waals surface area contributed by atoms with Crippen LogP contribution in [0.1, 0.15) is 10.4 Å². The number of ether oxygens (including phenoxy) is 2. The molecule has 2 aromatic heterocycles. The van der Waals surface area contributed by atoms with Crippen LogP contribution in [0.4, 0.5) is 11.4 Å². The number of halogens is 2. The minimum absolute atomic E-state index is 0.413. The fourth-order valence-corrected chi connectivity index (χ4v) is 5.54. The van der Waals surface area contributed by atoms with Gasteiger partial charge >= 0.3 is 0 Å². The zero-order valence-electron chi connectivity index (χ0n) is 19.0. The molecule has 0 spiro atoms. The van der Waals surface area contributed by atoms with Crippen molar-refractivity contribution < 1.29 is 9.47 Å². The topological polar surface area (TPSA) is 70.4 Å². The molecule has 0 amide bonds. The molecule has 35 heavy (non-hydrogen) atoms. The van der Waals surface area contributed by atoms with E-state index in [-0.39, 0.29) is 0 Å². The number of benzene rings is 2. The van der Waals surface area contributed by atoms with Gasteiger partial charge < -0.3 is 14.8 Å². The normalized spacial score (nSPS) is 14.1. The molecule has 6 nitrogen and oxygen atoms in total. The van der Waals surface area contributed by atoms with Crippen molar-refractivity contribution in [2.75, 3.05) is 38.7 Å². The van der Waals surface area contributed by atoms with Crippen molar-refractivity contribution in [3.63, 3.8) is 0 Å². The second-order valence-electron chi connectivity index (χ2n) is 8.17. The summed E-state index contributed by atoms with van der Waals surface area (Å²) in [7, 11) is 1.54. The van der Waals surface area contributed by atoms with E-state index in [0.717, 1.165) is 54.9 Å². The SMILES string of the molecule is COc1cc(Nc2c(C#N)cnc3ccc(-c4csc(CN5CCOCC5)c4)cc23)c(Cl)cc1Cl. The van der Waals surface area contributed by atoms with Crippen molar-refractivity contribution in [3.8, 4) is 22.9 Å². The second kappa shape index (κ2) is 10.4. The molecule has 0 bridgehead atoms. The number of hydrogen-bond acceptors (Lipinski definition) is 7. The number of fused-ring (bicyclic) bond motifs is 1. The van der Waals surface area contributed by atoms with E-state index in [1.54, 1.807) is 36.8 Å². The van der Waals surface area contributed by atoms with Gasteiger partial charge in [-0.15, -0.1) is 11.3 Å². The zero-order valence-corrected chi connectivity index (χ0v) is 21.3. The maximum atomic E-state index is 9.79. The molecule has 1 fully saturated rings. The maximum Gasteiger partial charge on any atom is 0.139 e. The summed E-state index contributed by atoms with van der Waals surface area (Å²) < 4.78 is 10.8. The number of rotatable bonds is 6. The van der Waals surface area contributed by atoms with E-state index in [0.29, 0.717) is 32.7 Å². The van der Waals surface area contributed by atoms with Crippen LogP contribution in [0.15, 0.2) is 48.0 Å². The van der Waals surface area contributed by atoms with Gasteiger partial charge in [-0.1, -0.05) is 29.3 Å². The number of morpholine rings is 1. The summed E-state index contributed by atoms with van der Waals surface area (Å²) in [5.74, 6) is 0.488. The largest absolute Gasteiger partial charge is 0.495 e. The van der Waals surface area contributed by atoms with Gasteiger partial charge in [-0.25, -0.2) is 0 Å². The van der Waals surface area contributed by atoms with Crippen LogP contribution in [0, 0.1) is 11.3 Å². The maximum absolute atomic E-state index is 9.79. The summed E-state index contributed by atoms with van der Waals surface area (Å²) in [6.07, 6.45) is 1.57. The lowest BCUT2D eigenvalue weighted by Crippen LogP contribution is -2.35. The second-order valence-corrected chi connectivity index (χ2v) is 9.98. The minimum Gasteiger partial charge on any atom is -0.495 e. The van der Waals surface area contributed by atoms with Crippen molar-refractivity contribution in [2.45, 2.75) is 6.54 Å². The third-order valence-corrected chi connectivity index (χ3v) is 7.49. The van der Waals surface area contributed by atoms with E-state index in [1.807, 2.05) is 6.07 Å². The molecular weight excluding hydrogens is 503 g/mol. The number of pyridine rings is 1. The van der Waals surface area contributed by atoms with Gasteiger partial charge in [0.2, 0.25) is 0 Å². The summed E-state index contributed by atoms with van der Waals surface area (Å²) in [6, 6.07) is 13.9. The van der Waals surface area contributed by atoms with Crippen molar-refractivity contribution in [2.24, 2.45) is 0 Å². The Hall–Kier alpha value is -2.86. The number of aromatic nitrogens is 1. The van der Waals surface area contributed by atoms with E-state index in [1.165, 1.54) is 4.88 Å². The highest BCUT2D eigenvalue weighted by molar-refractivity contribution is 7.10. The van der Waals surface area contributed by atoms with Crippen LogP contribution in [0.3, 0.4) is 0 Å². The molecule has 0 atom stereocenters. The minimum atomic E-state index is 0.413. The highest BCUT2D eigenvalue weighted by Crippen LogP contribution is 2.39. The molecule has 4 aromatic rings. The average molecular weight is 525 g/mol. The van der Waals surface area contributed by atoms with Gasteiger partial charge in [0.1, 0.15) is 11.8 Å². The monoisotopic (exact) mass is 524 g/mol. The average Bonchev–Trinajstić information content (AvgIpc) is 3.34. The summed E-state index contributed by atoms with van der Waals surface area (Å²) >= 11 is 14.4. The molecule has 0 aliphatic carbocycles. The van der Waals surface area contributed by atoms with Crippen LogP contribution in [0.25, 0.3) is 22.0 Å². The Morgan fingerprint density at radius 3 is 2.74 bits per heavy atom. The van der Waals surface area contributed by atoms with Gasteiger partial charge in [-0.05, 0) is 40.8 Å². The Bertz CT molecular complexity index is 1430. The molecule has 1 aliphatic rings. The fraction of sp³-hybridized carbons (Fsp3) is 0.231. The third kappa shape index (κ3) is 5.08. The number of nitriles is 1. The zero-order chi connectivity index (χ0) is 24.4. The van der Waals surface area contributed by atoms with Crippen LogP contribution < -0.4 is 10.1 Å². The third-order valence-electron chi connectivity index (χ3n) is 5.96. The fourth-order valence-electron chi connectivity index (χ4n) is 4.10. The first-order valence-corrected chi connectivity index (χ1v) is 12.7. The number of nitrogens with zero attached hydrogens (tertiary/aromatic N) is 3. The van der Waals surface area contributed by atoms with Crippen molar-refractivity contribution in [3.05, 3.63) is 68.5 Å². The molecule has 9 heteroatoms. The first kappa shape index (κ1) is 23.9. The van der Waals surface area contributed by atoms with Gasteiger partial charge in [0.25, 0.3) is 0 Å². The van der Waals surface area contributed by atoms with Crippen LogP contribution >= 0.6 is 34.5 Å². The predicted molar refractivity (Wildman–Crippen MR) is 142 cm³/mol. The Morgan fingerprint density at radius 1 is 1.14 bits per heavy atom. The molecule has 2 aromatic carbocycles. The summed E-state index contributed by atoms with van der Waals surface area (Å²) in [6.45, 7) is 4.41. The summed E-state index contributed by atoms with van der Waals surface area (Å²) in [5, 5.41) is 17.0. The van der Waals surface area contributed by atoms with Crippen molar-refractivity contribution in [1.29, 1.82) is 5.26 Å². The van der Waals surface area contributed by atoms with Gasteiger partial charge in [0.15, 0.2) is 0 Å². The van der Waals surface area contributed by atoms with Gasteiger partial charge in [0.05, 0.1) is 52.8 Å². The first-order valence-electron chi connectivity index (χ1n) is 11.1. The first-order chi connectivity index (χ1) is 17.1. The molecule has 0 radical (unpaired) electrons. The van der Waals surface area contributed by atoms with Gasteiger partial charge in [0, 0.05) is 42.2 Å². The van der Waals surface area contributed by atoms with Gasteiger partial charge in [-0.3, -0.25) is 9.88 Å². The quantitative estimate of drug-likeness (QED) is 0.301. The molecular formula is C26H22Cl2N4O2S. The van der Waals surface area contributed by atoms with Crippen molar-refractivity contribution >= 4 is 56.8 Å². The Balaban J connectivity index is 1.52. The number of thiophene rings is 1. The van der Waals surface area contributed by atoms with Crippen LogP contribution in [-0.4, -0.2) is 43.3 Å². The molecule has 1 N–H and O–H groups in total. The standard InChI is InChI=1S/C26H22Cl2N4O2S/c1-33-25-11-24(21(27)10-22(25)28)31-26-18(12-29)13-30-23-3-2-16(9-20(23)26)17-8-19(35-15-17)14-32-4-6-34-7-5-32/h2-3,8-11,13,15H,4-7,14H2,1H3,(H,30,31). The van der Waals surface area contributed by atoms with Gasteiger partial charge in [-0.2, -0.15) is 5.26 Å². The van der Waals surface area contributed by atoms with Crippen LogP contribution in [-0.2, 0) is 11.3 Å². The molecule has 3 heterocycles. The Morgan fingerprint density at radius 2 is 1.97 bits per heavy atom.